The minimum atomic E-state index is -0.845. The molecule has 0 amide bonds. The predicted molar refractivity (Wildman–Crippen MR) is 67.6 cm³/mol. The Bertz CT molecular complexity index is 551. The van der Waals surface area contributed by atoms with Crippen LogP contribution in [0.2, 0.25) is 0 Å². The Morgan fingerprint density at radius 2 is 1.83 bits per heavy atom. The molecule has 1 aliphatic rings. The molecule has 0 spiro atoms. The molecule has 0 unspecified atom stereocenters. The van der Waals surface area contributed by atoms with E-state index in [1.807, 2.05) is 30.3 Å². The van der Waals surface area contributed by atoms with Crippen molar-refractivity contribution in [2.75, 3.05) is 0 Å². The smallest absolute Gasteiger partial charge is 0.204 e. The fraction of sp³-hybridized carbons (Fsp3) is 0.200. The molecule has 0 saturated heterocycles. The van der Waals surface area contributed by atoms with Gasteiger partial charge >= 0.3 is 0 Å². The maximum atomic E-state index is 9.96. The highest BCUT2D eigenvalue weighted by Gasteiger charge is 2.33. The molecule has 0 bridgehead atoms. The quantitative estimate of drug-likeness (QED) is 0.850. The van der Waals surface area contributed by atoms with Gasteiger partial charge in [0.2, 0.25) is 6.29 Å². The number of phenolic OH excluding ortho intramolecular Hbond substituents is 1. The minimum absolute atomic E-state index is 0.130. The van der Waals surface area contributed by atoms with Crippen LogP contribution in [0.15, 0.2) is 48.5 Å². The Morgan fingerprint density at radius 3 is 2.61 bits per heavy atom. The average Bonchev–Trinajstić information content (AvgIpc) is 2.67. The first kappa shape index (κ1) is 11.1. The second-order valence-corrected chi connectivity index (χ2v) is 4.53. The van der Waals surface area contributed by atoms with Crippen LogP contribution < -0.4 is 4.74 Å². The minimum Gasteiger partial charge on any atom is -0.508 e. The number of phenols is 1. The van der Waals surface area contributed by atoms with Gasteiger partial charge < -0.3 is 14.9 Å². The topological polar surface area (TPSA) is 49.7 Å². The Balaban J connectivity index is 1.92. The highest BCUT2D eigenvalue weighted by atomic mass is 16.6. The van der Waals surface area contributed by atoms with Crippen molar-refractivity contribution in [2.45, 2.75) is 18.6 Å². The Hall–Kier alpha value is -2.00. The summed E-state index contributed by atoms with van der Waals surface area (Å²) in [4.78, 5) is 0. The zero-order chi connectivity index (χ0) is 12.5. The van der Waals surface area contributed by atoms with Gasteiger partial charge in [0.1, 0.15) is 11.5 Å². The van der Waals surface area contributed by atoms with Crippen molar-refractivity contribution in [1.29, 1.82) is 0 Å². The van der Waals surface area contributed by atoms with Crippen LogP contribution in [-0.2, 0) is 6.42 Å². The molecule has 0 saturated carbocycles. The lowest BCUT2D eigenvalue weighted by Gasteiger charge is -2.13. The number of aliphatic hydroxyl groups excluding tert-OH is 1. The molecule has 0 aromatic heterocycles. The summed E-state index contributed by atoms with van der Waals surface area (Å²) >= 11 is 0. The first-order chi connectivity index (χ1) is 8.74. The molecule has 1 heterocycles. The second-order valence-electron chi connectivity index (χ2n) is 4.53. The summed E-state index contributed by atoms with van der Waals surface area (Å²) in [5, 5.41) is 19.5. The zero-order valence-electron chi connectivity index (χ0n) is 9.78. The van der Waals surface area contributed by atoms with E-state index in [9.17, 15) is 10.2 Å². The number of hydrogen-bond acceptors (Lipinski definition) is 3. The number of hydrogen-bond donors (Lipinski definition) is 2. The van der Waals surface area contributed by atoms with Gasteiger partial charge in [0.05, 0.1) is 5.92 Å². The van der Waals surface area contributed by atoms with E-state index in [1.165, 1.54) is 0 Å². The summed E-state index contributed by atoms with van der Waals surface area (Å²) in [7, 11) is 0. The molecule has 1 aliphatic heterocycles. The second kappa shape index (κ2) is 4.35. The van der Waals surface area contributed by atoms with Crippen molar-refractivity contribution in [3.63, 3.8) is 0 Å². The fourth-order valence-electron chi connectivity index (χ4n) is 2.38. The van der Waals surface area contributed by atoms with Crippen LogP contribution in [0.25, 0.3) is 0 Å². The third-order valence-electron chi connectivity index (χ3n) is 3.28. The van der Waals surface area contributed by atoms with Crippen molar-refractivity contribution >= 4 is 0 Å². The lowest BCUT2D eigenvalue weighted by molar-refractivity contribution is -0.0180. The van der Waals surface area contributed by atoms with E-state index >= 15 is 0 Å². The number of aromatic hydroxyl groups is 1. The maximum absolute atomic E-state index is 9.96. The van der Waals surface area contributed by atoms with Gasteiger partial charge in [0, 0.05) is 5.56 Å². The number of ether oxygens (including phenoxy) is 1. The summed E-state index contributed by atoms with van der Waals surface area (Å²) in [5.74, 6) is 0.722. The van der Waals surface area contributed by atoms with Crippen LogP contribution in [0.5, 0.6) is 11.5 Å². The SMILES string of the molecule is Oc1ccc2c(c1)[C@@H](Cc1ccccc1)[C@H](O)O2. The highest BCUT2D eigenvalue weighted by molar-refractivity contribution is 5.45. The number of benzene rings is 2. The molecule has 0 fully saturated rings. The first-order valence-corrected chi connectivity index (χ1v) is 5.95. The molecule has 3 heteroatoms. The highest BCUT2D eigenvalue weighted by Crippen LogP contribution is 2.40. The summed E-state index contributed by atoms with van der Waals surface area (Å²) in [6, 6.07) is 14.9. The van der Waals surface area contributed by atoms with E-state index in [1.54, 1.807) is 18.2 Å². The molecule has 3 nitrogen and oxygen atoms in total. The summed E-state index contributed by atoms with van der Waals surface area (Å²) < 4.78 is 5.39. The van der Waals surface area contributed by atoms with Crippen molar-refractivity contribution in [1.82, 2.24) is 0 Å². The molecular formula is C15H14O3. The van der Waals surface area contributed by atoms with Crippen LogP contribution in [0.3, 0.4) is 0 Å². The lowest BCUT2D eigenvalue weighted by atomic mass is 9.92. The van der Waals surface area contributed by atoms with Gasteiger partial charge in [0.15, 0.2) is 0 Å². The Morgan fingerprint density at radius 1 is 1.06 bits per heavy atom. The molecule has 18 heavy (non-hydrogen) atoms. The molecule has 92 valence electrons. The van der Waals surface area contributed by atoms with E-state index in [-0.39, 0.29) is 11.7 Å². The summed E-state index contributed by atoms with van der Waals surface area (Å²) in [6.07, 6.45) is -0.152. The van der Waals surface area contributed by atoms with Crippen molar-refractivity contribution in [2.24, 2.45) is 0 Å². The van der Waals surface area contributed by atoms with Gasteiger partial charge in [-0.05, 0) is 30.2 Å². The molecule has 3 rings (SSSR count). The van der Waals surface area contributed by atoms with Gasteiger partial charge in [-0.3, -0.25) is 0 Å². The molecule has 2 aromatic rings. The third kappa shape index (κ3) is 1.93. The van der Waals surface area contributed by atoms with E-state index < -0.39 is 6.29 Å². The van der Waals surface area contributed by atoms with Crippen LogP contribution in [0.1, 0.15) is 17.0 Å². The van der Waals surface area contributed by atoms with E-state index in [0.29, 0.717) is 12.2 Å². The van der Waals surface area contributed by atoms with Crippen LogP contribution in [0, 0.1) is 0 Å². The fourth-order valence-corrected chi connectivity index (χ4v) is 2.38. The zero-order valence-corrected chi connectivity index (χ0v) is 9.78. The normalized spacial score (nSPS) is 21.4. The van der Waals surface area contributed by atoms with Gasteiger partial charge in [-0.15, -0.1) is 0 Å². The molecule has 2 aromatic carbocycles. The number of aliphatic hydroxyl groups is 1. The van der Waals surface area contributed by atoms with E-state index in [4.69, 9.17) is 4.74 Å². The first-order valence-electron chi connectivity index (χ1n) is 5.95. The van der Waals surface area contributed by atoms with Gasteiger partial charge in [0.25, 0.3) is 0 Å². The van der Waals surface area contributed by atoms with Crippen LogP contribution in [0.4, 0.5) is 0 Å². The predicted octanol–water partition coefficient (Wildman–Crippen LogP) is 2.43. The van der Waals surface area contributed by atoms with Crippen molar-refractivity contribution in [3.05, 3.63) is 59.7 Å². The lowest BCUT2D eigenvalue weighted by Crippen LogP contribution is -2.19. The Kier molecular flexibility index (Phi) is 2.68. The standard InChI is InChI=1S/C15H14O3/c16-11-6-7-14-12(9-11)13(15(17)18-14)8-10-4-2-1-3-5-10/h1-7,9,13,15-17H,8H2/t13-,15-/m1/s1. The summed E-state index contributed by atoms with van der Waals surface area (Å²) in [5.41, 5.74) is 2.01. The molecule has 0 radical (unpaired) electrons. The van der Waals surface area contributed by atoms with Gasteiger partial charge in [-0.2, -0.15) is 0 Å². The van der Waals surface area contributed by atoms with Crippen LogP contribution >= 0.6 is 0 Å². The average molecular weight is 242 g/mol. The largest absolute Gasteiger partial charge is 0.508 e. The van der Waals surface area contributed by atoms with E-state index in [0.717, 1.165) is 11.1 Å². The van der Waals surface area contributed by atoms with Gasteiger partial charge in [-0.1, -0.05) is 30.3 Å². The monoisotopic (exact) mass is 242 g/mol. The number of fused-ring (bicyclic) bond motifs is 1. The molecule has 2 N–H and O–H groups in total. The molecule has 2 atom stereocenters. The summed E-state index contributed by atoms with van der Waals surface area (Å²) in [6.45, 7) is 0. The maximum Gasteiger partial charge on any atom is 0.204 e. The van der Waals surface area contributed by atoms with Crippen molar-refractivity contribution in [3.8, 4) is 11.5 Å². The molecular weight excluding hydrogens is 228 g/mol. The Labute approximate surface area is 105 Å². The van der Waals surface area contributed by atoms with E-state index in [2.05, 4.69) is 0 Å². The third-order valence-corrected chi connectivity index (χ3v) is 3.28. The van der Waals surface area contributed by atoms with Crippen molar-refractivity contribution < 1.29 is 14.9 Å². The van der Waals surface area contributed by atoms with Crippen LogP contribution in [-0.4, -0.2) is 16.5 Å². The number of rotatable bonds is 2. The molecule has 0 aliphatic carbocycles. The van der Waals surface area contributed by atoms with Gasteiger partial charge in [-0.25, -0.2) is 0 Å².